The highest BCUT2D eigenvalue weighted by Gasteiger charge is 2.30. The maximum atomic E-state index is 13.5. The number of hydrogen-bond donors (Lipinski definition) is 0. The first-order valence-corrected chi connectivity index (χ1v) is 6.51. The zero-order chi connectivity index (χ0) is 12.5. The van der Waals surface area contributed by atoms with Gasteiger partial charge in [-0.1, -0.05) is 0 Å². The van der Waals surface area contributed by atoms with Gasteiger partial charge in [0.05, 0.1) is 11.8 Å². The van der Waals surface area contributed by atoms with Crippen LogP contribution in [0.2, 0.25) is 0 Å². The Kier molecular flexibility index (Phi) is 3.38. The summed E-state index contributed by atoms with van der Waals surface area (Å²) in [5.41, 5.74) is 0.114. The topological polar surface area (TPSA) is 33.2 Å². The van der Waals surface area contributed by atoms with Gasteiger partial charge < -0.3 is 4.90 Å². The number of aromatic nitrogens is 1. The second kappa shape index (κ2) is 4.64. The number of thioether (sulfide) groups is 1. The van der Waals surface area contributed by atoms with E-state index in [0.717, 1.165) is 11.9 Å². The molecule has 0 aliphatic carbocycles. The van der Waals surface area contributed by atoms with E-state index in [1.54, 1.807) is 4.90 Å². The molecule has 1 aromatic heterocycles. The van der Waals surface area contributed by atoms with Crippen molar-refractivity contribution in [1.29, 1.82) is 0 Å². The summed E-state index contributed by atoms with van der Waals surface area (Å²) >= 11 is 1.84. The predicted octanol–water partition coefficient (Wildman–Crippen LogP) is 2.19. The van der Waals surface area contributed by atoms with Crippen molar-refractivity contribution in [2.45, 2.75) is 18.6 Å². The molecule has 0 N–H and O–H groups in total. The van der Waals surface area contributed by atoms with Gasteiger partial charge in [-0.05, 0) is 19.9 Å². The van der Waals surface area contributed by atoms with Crippen molar-refractivity contribution in [1.82, 2.24) is 9.88 Å². The van der Waals surface area contributed by atoms with Gasteiger partial charge in [0.15, 0.2) is 5.82 Å². The molecule has 1 aliphatic heterocycles. The van der Waals surface area contributed by atoms with E-state index in [4.69, 9.17) is 0 Å². The lowest BCUT2D eigenvalue weighted by atomic mass is 10.1. The van der Waals surface area contributed by atoms with Gasteiger partial charge in [-0.15, -0.1) is 0 Å². The third-order valence-corrected chi connectivity index (χ3v) is 4.01. The number of halogens is 1. The standard InChI is InChI=1S/C12H15FN2OS/c1-12(2)8-15(5-6-17-12)11(16)9-3-4-14-7-10(9)13/h3-4,7H,5-6,8H2,1-2H3. The Hall–Kier alpha value is -1.10. The first-order valence-electron chi connectivity index (χ1n) is 5.52. The minimum Gasteiger partial charge on any atom is -0.336 e. The highest BCUT2D eigenvalue weighted by molar-refractivity contribution is 8.00. The Morgan fingerprint density at radius 3 is 3.00 bits per heavy atom. The zero-order valence-electron chi connectivity index (χ0n) is 9.94. The maximum absolute atomic E-state index is 13.5. The molecule has 5 heteroatoms. The van der Waals surface area contributed by atoms with Crippen LogP contribution in [-0.4, -0.2) is 39.4 Å². The van der Waals surface area contributed by atoms with Crippen LogP contribution in [0, 0.1) is 5.82 Å². The molecule has 3 nitrogen and oxygen atoms in total. The number of carbonyl (C=O) groups excluding carboxylic acids is 1. The second-order valence-corrected chi connectivity index (χ2v) is 6.49. The number of hydrogen-bond acceptors (Lipinski definition) is 3. The second-order valence-electron chi connectivity index (χ2n) is 4.69. The summed E-state index contributed by atoms with van der Waals surface area (Å²) in [6.07, 6.45) is 2.53. The Bertz CT molecular complexity index is 436. The van der Waals surface area contributed by atoms with E-state index >= 15 is 0 Å². The number of nitrogens with zero attached hydrogens (tertiary/aromatic N) is 2. The molecular weight excluding hydrogens is 239 g/mol. The summed E-state index contributed by atoms with van der Waals surface area (Å²) in [4.78, 5) is 17.5. The summed E-state index contributed by atoms with van der Waals surface area (Å²) in [7, 11) is 0. The van der Waals surface area contributed by atoms with Gasteiger partial charge in [0.1, 0.15) is 0 Å². The minimum absolute atomic E-state index is 0.0391. The van der Waals surface area contributed by atoms with E-state index in [9.17, 15) is 9.18 Å². The average molecular weight is 254 g/mol. The van der Waals surface area contributed by atoms with Crippen LogP contribution >= 0.6 is 11.8 Å². The van der Waals surface area contributed by atoms with Gasteiger partial charge >= 0.3 is 0 Å². The average Bonchev–Trinajstić information content (AvgIpc) is 2.27. The highest BCUT2D eigenvalue weighted by atomic mass is 32.2. The first kappa shape index (κ1) is 12.4. The zero-order valence-corrected chi connectivity index (χ0v) is 10.8. The fourth-order valence-corrected chi connectivity index (χ4v) is 3.02. The van der Waals surface area contributed by atoms with Gasteiger partial charge in [-0.25, -0.2) is 4.39 Å². The largest absolute Gasteiger partial charge is 0.336 e. The molecule has 92 valence electrons. The van der Waals surface area contributed by atoms with Crippen LogP contribution in [0.4, 0.5) is 4.39 Å². The fraction of sp³-hybridized carbons (Fsp3) is 0.500. The van der Waals surface area contributed by atoms with Gasteiger partial charge in [-0.2, -0.15) is 11.8 Å². The molecule has 0 radical (unpaired) electrons. The smallest absolute Gasteiger partial charge is 0.257 e. The molecule has 1 saturated heterocycles. The van der Waals surface area contributed by atoms with Crippen molar-refractivity contribution in [3.63, 3.8) is 0 Å². The van der Waals surface area contributed by atoms with E-state index in [0.29, 0.717) is 13.1 Å². The van der Waals surface area contributed by atoms with Crippen LogP contribution in [0.3, 0.4) is 0 Å². The molecule has 0 atom stereocenters. The van der Waals surface area contributed by atoms with Crippen molar-refractivity contribution in [3.8, 4) is 0 Å². The summed E-state index contributed by atoms with van der Waals surface area (Å²) in [5.74, 6) is 0.109. The number of carbonyl (C=O) groups is 1. The van der Waals surface area contributed by atoms with Gasteiger partial charge in [-0.3, -0.25) is 9.78 Å². The molecule has 2 heterocycles. The lowest BCUT2D eigenvalue weighted by molar-refractivity contribution is 0.0743. The number of pyridine rings is 1. The number of amides is 1. The third kappa shape index (κ3) is 2.77. The summed E-state index contributed by atoms with van der Waals surface area (Å²) in [5, 5.41) is 0. The fourth-order valence-electron chi connectivity index (χ4n) is 1.91. The molecule has 1 amide bonds. The maximum Gasteiger partial charge on any atom is 0.257 e. The molecular formula is C12H15FN2OS. The molecule has 1 aliphatic rings. The van der Waals surface area contributed by atoms with Crippen LogP contribution in [0.5, 0.6) is 0 Å². The Morgan fingerprint density at radius 2 is 2.35 bits per heavy atom. The van der Waals surface area contributed by atoms with E-state index < -0.39 is 5.82 Å². The Morgan fingerprint density at radius 1 is 1.59 bits per heavy atom. The van der Waals surface area contributed by atoms with Crippen LogP contribution in [-0.2, 0) is 0 Å². The quantitative estimate of drug-likeness (QED) is 0.770. The van der Waals surface area contributed by atoms with Crippen molar-refractivity contribution < 1.29 is 9.18 Å². The summed E-state index contributed by atoms with van der Waals surface area (Å²) in [6.45, 7) is 5.52. The Labute approximate surface area is 104 Å². The molecule has 0 bridgehead atoms. The number of rotatable bonds is 1. The monoisotopic (exact) mass is 254 g/mol. The molecule has 2 rings (SSSR count). The molecule has 0 aromatic carbocycles. The van der Waals surface area contributed by atoms with Crippen LogP contribution in [0.1, 0.15) is 24.2 Å². The molecule has 17 heavy (non-hydrogen) atoms. The molecule has 1 aromatic rings. The van der Waals surface area contributed by atoms with E-state index in [-0.39, 0.29) is 16.2 Å². The van der Waals surface area contributed by atoms with Crippen molar-refractivity contribution >= 4 is 17.7 Å². The van der Waals surface area contributed by atoms with Crippen LogP contribution in [0.15, 0.2) is 18.5 Å². The van der Waals surface area contributed by atoms with E-state index in [1.807, 2.05) is 11.8 Å². The molecule has 0 spiro atoms. The SMILES string of the molecule is CC1(C)CN(C(=O)c2ccncc2F)CCS1. The minimum atomic E-state index is -0.548. The van der Waals surface area contributed by atoms with E-state index in [2.05, 4.69) is 18.8 Å². The van der Waals surface area contributed by atoms with Crippen LogP contribution in [0.25, 0.3) is 0 Å². The molecule has 1 fully saturated rings. The van der Waals surface area contributed by atoms with E-state index in [1.165, 1.54) is 12.3 Å². The predicted molar refractivity (Wildman–Crippen MR) is 66.6 cm³/mol. The summed E-state index contributed by atoms with van der Waals surface area (Å²) < 4.78 is 13.5. The van der Waals surface area contributed by atoms with Crippen molar-refractivity contribution in [2.24, 2.45) is 0 Å². The normalized spacial score (nSPS) is 19.1. The lowest BCUT2D eigenvalue weighted by Gasteiger charge is -2.37. The van der Waals surface area contributed by atoms with Crippen LogP contribution < -0.4 is 0 Å². The first-order chi connectivity index (χ1) is 7.99. The molecule has 0 unspecified atom stereocenters. The van der Waals surface area contributed by atoms with Gasteiger partial charge in [0.25, 0.3) is 5.91 Å². The Balaban J connectivity index is 2.18. The summed E-state index contributed by atoms with van der Waals surface area (Å²) in [6, 6.07) is 1.44. The lowest BCUT2D eigenvalue weighted by Crippen LogP contribution is -2.46. The van der Waals surface area contributed by atoms with Gasteiger partial charge in [0, 0.05) is 29.8 Å². The third-order valence-electron chi connectivity index (χ3n) is 2.72. The van der Waals surface area contributed by atoms with Crippen molar-refractivity contribution in [3.05, 3.63) is 29.8 Å². The van der Waals surface area contributed by atoms with Gasteiger partial charge in [0.2, 0.25) is 0 Å². The van der Waals surface area contributed by atoms with Crippen molar-refractivity contribution in [2.75, 3.05) is 18.8 Å². The molecule has 0 saturated carbocycles. The highest BCUT2D eigenvalue weighted by Crippen LogP contribution is 2.30.